The predicted molar refractivity (Wildman–Crippen MR) is 125 cm³/mol. The van der Waals surface area contributed by atoms with Gasteiger partial charge in [0.25, 0.3) is 0 Å². The molecule has 5 rings (SSSR count). The standard InChI is InChI=1S/C24H19F2N3O5S/c1-2-7-35(31,32)29-18-5-4-17(25)21(22(18)26)23(30)16-11-28-24-15(16)8-14(10-27-24)13-3-6-19-20(9-13)34-12-33-19/h3-6,8-11,29H,2,7,12H2,1H3,(H,27,28). The first kappa shape index (κ1) is 22.8. The fourth-order valence-electron chi connectivity index (χ4n) is 3.89. The summed E-state index contributed by atoms with van der Waals surface area (Å²) in [6.07, 6.45) is 3.21. The first-order valence-electron chi connectivity index (χ1n) is 10.7. The number of hydrogen-bond donors (Lipinski definition) is 2. The smallest absolute Gasteiger partial charge is 0.232 e. The molecule has 0 spiro atoms. The third kappa shape index (κ3) is 4.18. The number of ether oxygens (including phenoxy) is 2. The van der Waals surface area contributed by atoms with E-state index < -0.39 is 38.7 Å². The second-order valence-electron chi connectivity index (χ2n) is 7.92. The number of fused-ring (bicyclic) bond motifs is 2. The highest BCUT2D eigenvalue weighted by molar-refractivity contribution is 7.92. The Bertz CT molecular complexity index is 1580. The molecule has 4 aromatic rings. The van der Waals surface area contributed by atoms with Gasteiger partial charge in [-0.1, -0.05) is 13.0 Å². The van der Waals surface area contributed by atoms with Gasteiger partial charge in [-0.2, -0.15) is 0 Å². The molecular weight excluding hydrogens is 480 g/mol. The Hall–Kier alpha value is -3.99. The number of rotatable bonds is 7. The molecule has 2 aromatic heterocycles. The number of aromatic amines is 1. The van der Waals surface area contributed by atoms with E-state index in [-0.39, 0.29) is 18.1 Å². The van der Waals surface area contributed by atoms with Crippen LogP contribution in [0.1, 0.15) is 29.3 Å². The van der Waals surface area contributed by atoms with E-state index in [4.69, 9.17) is 9.47 Å². The van der Waals surface area contributed by atoms with Gasteiger partial charge in [-0.25, -0.2) is 22.2 Å². The Morgan fingerprint density at radius 1 is 1.11 bits per heavy atom. The summed E-state index contributed by atoms with van der Waals surface area (Å²) in [5.41, 5.74) is 0.359. The summed E-state index contributed by atoms with van der Waals surface area (Å²) in [6.45, 7) is 1.77. The number of nitrogens with zero attached hydrogens (tertiary/aromatic N) is 1. The maximum absolute atomic E-state index is 15.2. The third-order valence-corrected chi connectivity index (χ3v) is 7.01. The van der Waals surface area contributed by atoms with Gasteiger partial charge in [0.1, 0.15) is 11.5 Å². The summed E-state index contributed by atoms with van der Waals surface area (Å²) in [6, 6.07) is 8.79. The number of sulfonamides is 1. The molecule has 0 amide bonds. The third-order valence-electron chi connectivity index (χ3n) is 5.54. The van der Waals surface area contributed by atoms with Crippen molar-refractivity contribution in [3.8, 4) is 22.6 Å². The number of carbonyl (C=O) groups is 1. The highest BCUT2D eigenvalue weighted by Crippen LogP contribution is 2.37. The number of carbonyl (C=O) groups excluding carboxylic acids is 1. The Balaban J connectivity index is 1.55. The lowest BCUT2D eigenvalue weighted by Crippen LogP contribution is -2.18. The number of anilines is 1. The van der Waals surface area contributed by atoms with Crippen LogP contribution >= 0.6 is 0 Å². The molecule has 1 aliphatic heterocycles. The van der Waals surface area contributed by atoms with E-state index >= 15 is 4.39 Å². The molecule has 2 N–H and O–H groups in total. The van der Waals surface area contributed by atoms with Crippen LogP contribution in [0.2, 0.25) is 0 Å². The van der Waals surface area contributed by atoms with Gasteiger partial charge < -0.3 is 14.5 Å². The molecule has 11 heteroatoms. The molecule has 35 heavy (non-hydrogen) atoms. The number of halogens is 2. The summed E-state index contributed by atoms with van der Waals surface area (Å²) >= 11 is 0. The van der Waals surface area contributed by atoms with Crippen LogP contribution in [-0.2, 0) is 10.0 Å². The molecule has 2 aromatic carbocycles. The van der Waals surface area contributed by atoms with Crippen molar-refractivity contribution in [3.63, 3.8) is 0 Å². The molecule has 0 aliphatic carbocycles. The van der Waals surface area contributed by atoms with Gasteiger partial charge in [-0.15, -0.1) is 0 Å². The average Bonchev–Trinajstić information content (AvgIpc) is 3.46. The Labute approximate surface area is 199 Å². The van der Waals surface area contributed by atoms with E-state index in [1.807, 2.05) is 0 Å². The number of H-pyrrole nitrogens is 1. The van der Waals surface area contributed by atoms with E-state index in [2.05, 4.69) is 14.7 Å². The molecule has 3 heterocycles. The van der Waals surface area contributed by atoms with Gasteiger partial charge in [0.2, 0.25) is 22.6 Å². The monoisotopic (exact) mass is 499 g/mol. The van der Waals surface area contributed by atoms with Gasteiger partial charge in [0.05, 0.1) is 17.0 Å². The zero-order chi connectivity index (χ0) is 24.7. The second-order valence-corrected chi connectivity index (χ2v) is 9.77. The molecule has 0 atom stereocenters. The average molecular weight is 499 g/mol. The number of benzene rings is 2. The fourth-order valence-corrected chi connectivity index (χ4v) is 5.02. The summed E-state index contributed by atoms with van der Waals surface area (Å²) in [7, 11) is -3.85. The maximum Gasteiger partial charge on any atom is 0.232 e. The topological polar surface area (TPSA) is 110 Å². The summed E-state index contributed by atoms with van der Waals surface area (Å²) in [5.74, 6) is -2.42. The number of aromatic nitrogens is 2. The molecule has 0 fully saturated rings. The Kier molecular flexibility index (Phi) is 5.64. The Morgan fingerprint density at radius 3 is 2.71 bits per heavy atom. The van der Waals surface area contributed by atoms with Gasteiger partial charge in [0.15, 0.2) is 17.3 Å². The van der Waals surface area contributed by atoms with Crippen molar-refractivity contribution >= 4 is 32.5 Å². The summed E-state index contributed by atoms with van der Waals surface area (Å²) in [4.78, 5) is 20.4. The zero-order valence-corrected chi connectivity index (χ0v) is 19.2. The minimum absolute atomic E-state index is 0.0125. The lowest BCUT2D eigenvalue weighted by atomic mass is 9.99. The molecule has 0 radical (unpaired) electrons. The Morgan fingerprint density at radius 2 is 1.91 bits per heavy atom. The van der Waals surface area contributed by atoms with Crippen LogP contribution in [0, 0.1) is 11.6 Å². The minimum Gasteiger partial charge on any atom is -0.454 e. The lowest BCUT2D eigenvalue weighted by Gasteiger charge is -2.11. The number of hydrogen-bond acceptors (Lipinski definition) is 6. The van der Waals surface area contributed by atoms with Crippen molar-refractivity contribution in [3.05, 3.63) is 71.6 Å². The normalized spacial score (nSPS) is 12.8. The van der Waals surface area contributed by atoms with E-state index in [9.17, 15) is 17.6 Å². The van der Waals surface area contributed by atoms with Crippen LogP contribution < -0.4 is 14.2 Å². The quantitative estimate of drug-likeness (QED) is 0.359. The molecule has 0 bridgehead atoms. The number of nitrogens with one attached hydrogen (secondary N) is 2. The molecule has 1 aliphatic rings. The highest BCUT2D eigenvalue weighted by atomic mass is 32.2. The molecule has 0 unspecified atom stereocenters. The van der Waals surface area contributed by atoms with Crippen LogP contribution in [0.5, 0.6) is 11.5 Å². The van der Waals surface area contributed by atoms with Crippen molar-refractivity contribution in [2.75, 3.05) is 17.3 Å². The van der Waals surface area contributed by atoms with Crippen molar-refractivity contribution in [1.29, 1.82) is 0 Å². The van der Waals surface area contributed by atoms with Gasteiger partial charge in [-0.05, 0) is 42.3 Å². The molecule has 180 valence electrons. The van der Waals surface area contributed by atoms with E-state index in [1.54, 1.807) is 37.4 Å². The fraction of sp³-hybridized carbons (Fsp3) is 0.167. The lowest BCUT2D eigenvalue weighted by molar-refractivity contribution is 0.103. The molecule has 0 saturated heterocycles. The van der Waals surface area contributed by atoms with Crippen molar-refractivity contribution in [2.45, 2.75) is 13.3 Å². The molecule has 8 nitrogen and oxygen atoms in total. The SMILES string of the molecule is CCCS(=O)(=O)Nc1ccc(F)c(C(=O)c2c[nH]c3ncc(-c4ccc5c(c4)OCO5)cc23)c1F. The first-order valence-corrected chi connectivity index (χ1v) is 12.3. The van der Waals surface area contributed by atoms with Gasteiger partial charge in [0, 0.05) is 28.9 Å². The minimum atomic E-state index is -3.85. The van der Waals surface area contributed by atoms with Crippen LogP contribution in [-0.4, -0.2) is 36.7 Å². The second kappa shape index (κ2) is 8.66. The highest BCUT2D eigenvalue weighted by Gasteiger charge is 2.26. The largest absolute Gasteiger partial charge is 0.454 e. The van der Waals surface area contributed by atoms with Crippen molar-refractivity contribution < 1.29 is 31.5 Å². The number of ketones is 1. The van der Waals surface area contributed by atoms with Crippen molar-refractivity contribution in [2.24, 2.45) is 0 Å². The van der Waals surface area contributed by atoms with E-state index in [0.717, 1.165) is 17.7 Å². The summed E-state index contributed by atoms with van der Waals surface area (Å²) in [5, 5.41) is 0.348. The van der Waals surface area contributed by atoms with Gasteiger partial charge >= 0.3 is 0 Å². The number of pyridine rings is 1. The van der Waals surface area contributed by atoms with Crippen LogP contribution in [0.4, 0.5) is 14.5 Å². The summed E-state index contributed by atoms with van der Waals surface area (Å²) < 4.78 is 66.8. The van der Waals surface area contributed by atoms with Crippen molar-refractivity contribution in [1.82, 2.24) is 9.97 Å². The molecular formula is C24H19F2N3O5S. The zero-order valence-electron chi connectivity index (χ0n) is 18.4. The van der Waals surface area contributed by atoms with Gasteiger partial charge in [-0.3, -0.25) is 9.52 Å². The first-order chi connectivity index (χ1) is 16.8. The maximum atomic E-state index is 15.2. The van der Waals surface area contributed by atoms with Crippen LogP contribution in [0.15, 0.2) is 48.8 Å². The predicted octanol–water partition coefficient (Wildman–Crippen LogP) is 4.62. The van der Waals surface area contributed by atoms with E-state index in [1.165, 1.54) is 6.20 Å². The van der Waals surface area contributed by atoms with Crippen LogP contribution in [0.25, 0.3) is 22.2 Å². The molecule has 0 saturated carbocycles. The van der Waals surface area contributed by atoms with E-state index in [0.29, 0.717) is 34.5 Å². The van der Waals surface area contributed by atoms with Crippen LogP contribution in [0.3, 0.4) is 0 Å².